The molecule has 1 saturated heterocycles. The highest BCUT2D eigenvalue weighted by molar-refractivity contribution is 7.19. The quantitative estimate of drug-likeness (QED) is 0.621. The highest BCUT2D eigenvalue weighted by Gasteiger charge is 2.32. The Bertz CT molecular complexity index is 981. The van der Waals surface area contributed by atoms with Crippen LogP contribution in [0.4, 0.5) is 5.82 Å². The summed E-state index contributed by atoms with van der Waals surface area (Å²) in [5, 5.41) is 1.35. The highest BCUT2D eigenvalue weighted by atomic mass is 32.1. The van der Waals surface area contributed by atoms with Crippen LogP contribution in [0.15, 0.2) is 0 Å². The second kappa shape index (κ2) is 8.92. The Morgan fingerprint density at radius 3 is 2.31 bits per heavy atom. The zero-order valence-electron chi connectivity index (χ0n) is 19.3. The molecule has 3 heterocycles. The summed E-state index contributed by atoms with van der Waals surface area (Å²) in [6.45, 7) is 3.48. The maximum Gasteiger partial charge on any atom is 0.225 e. The van der Waals surface area contributed by atoms with E-state index in [0.717, 1.165) is 44.8 Å². The lowest BCUT2D eigenvalue weighted by atomic mass is 9.88. The van der Waals surface area contributed by atoms with Gasteiger partial charge in [-0.25, -0.2) is 9.97 Å². The van der Waals surface area contributed by atoms with Crippen molar-refractivity contribution < 1.29 is 4.79 Å². The molecule has 3 fully saturated rings. The van der Waals surface area contributed by atoms with Gasteiger partial charge in [-0.15, -0.1) is 11.3 Å². The number of amides is 1. The fraction of sp³-hybridized carbons (Fsp3) is 0.731. The van der Waals surface area contributed by atoms with E-state index in [4.69, 9.17) is 9.97 Å². The van der Waals surface area contributed by atoms with E-state index in [-0.39, 0.29) is 5.92 Å². The van der Waals surface area contributed by atoms with Gasteiger partial charge in [0.25, 0.3) is 0 Å². The van der Waals surface area contributed by atoms with Crippen LogP contribution in [0.5, 0.6) is 0 Å². The van der Waals surface area contributed by atoms with Crippen molar-refractivity contribution in [3.63, 3.8) is 0 Å². The Morgan fingerprint density at radius 2 is 1.53 bits per heavy atom. The molecule has 0 atom stereocenters. The first kappa shape index (κ1) is 20.9. The first-order valence-corrected chi connectivity index (χ1v) is 14.0. The second-order valence-electron chi connectivity index (χ2n) is 10.4. The lowest BCUT2D eigenvalue weighted by Gasteiger charge is -2.37. The predicted octanol–water partition coefficient (Wildman–Crippen LogP) is 5.46. The van der Waals surface area contributed by atoms with Gasteiger partial charge in [-0.3, -0.25) is 4.79 Å². The molecule has 172 valence electrons. The minimum absolute atomic E-state index is 0.286. The molecule has 32 heavy (non-hydrogen) atoms. The van der Waals surface area contributed by atoms with Gasteiger partial charge in [0.1, 0.15) is 16.5 Å². The van der Waals surface area contributed by atoms with E-state index in [0.29, 0.717) is 11.8 Å². The molecule has 0 spiro atoms. The fourth-order valence-corrected chi connectivity index (χ4v) is 7.76. The van der Waals surface area contributed by atoms with Crippen LogP contribution in [-0.2, 0) is 17.6 Å². The predicted molar refractivity (Wildman–Crippen MR) is 131 cm³/mol. The summed E-state index contributed by atoms with van der Waals surface area (Å²) in [6.07, 6.45) is 16.1. The van der Waals surface area contributed by atoms with Crippen LogP contribution in [0.3, 0.4) is 0 Å². The van der Waals surface area contributed by atoms with Gasteiger partial charge in [-0.05, 0) is 56.9 Å². The normalized spacial score (nSPS) is 23.1. The molecule has 0 unspecified atom stereocenters. The minimum atomic E-state index is 0.286. The third kappa shape index (κ3) is 3.82. The van der Waals surface area contributed by atoms with E-state index < -0.39 is 0 Å². The number of rotatable bonds is 3. The molecule has 2 aromatic rings. The molecule has 6 rings (SSSR count). The van der Waals surface area contributed by atoms with Gasteiger partial charge in [0.05, 0.1) is 5.39 Å². The Morgan fingerprint density at radius 1 is 0.812 bits per heavy atom. The number of carbonyl (C=O) groups excluding carboxylic acids is 1. The van der Waals surface area contributed by atoms with Crippen molar-refractivity contribution in [1.82, 2.24) is 14.9 Å². The summed E-state index contributed by atoms with van der Waals surface area (Å²) < 4.78 is 0. The molecule has 2 aromatic heterocycles. The van der Waals surface area contributed by atoms with Crippen molar-refractivity contribution in [3.05, 3.63) is 16.3 Å². The van der Waals surface area contributed by atoms with Gasteiger partial charge in [0, 0.05) is 42.9 Å². The molecule has 4 aliphatic rings. The number of nitrogens with zero attached hydrogens (tertiary/aromatic N) is 4. The molecule has 1 aliphatic heterocycles. The van der Waals surface area contributed by atoms with E-state index in [2.05, 4.69) is 9.80 Å². The average Bonchev–Trinajstić information content (AvgIpc) is 3.52. The van der Waals surface area contributed by atoms with Gasteiger partial charge in [-0.2, -0.15) is 0 Å². The topological polar surface area (TPSA) is 49.3 Å². The monoisotopic (exact) mass is 452 g/mol. The van der Waals surface area contributed by atoms with Crippen molar-refractivity contribution in [3.8, 4) is 0 Å². The molecule has 0 N–H and O–H groups in total. The minimum Gasteiger partial charge on any atom is -0.352 e. The van der Waals surface area contributed by atoms with Crippen molar-refractivity contribution in [2.24, 2.45) is 5.92 Å². The second-order valence-corrected chi connectivity index (χ2v) is 11.5. The van der Waals surface area contributed by atoms with E-state index >= 15 is 0 Å². The molecule has 3 aliphatic carbocycles. The standard InChI is InChI=1S/C26H36N4OS/c31-26(19-10-4-5-11-19)30-16-14-29(15-17-30)24-22-20-12-6-7-13-21(20)32-25(22)28-23(27-24)18-8-2-1-3-9-18/h18-19H,1-17H2. The van der Waals surface area contributed by atoms with Crippen LogP contribution in [-0.4, -0.2) is 47.0 Å². The largest absolute Gasteiger partial charge is 0.352 e. The zero-order chi connectivity index (χ0) is 21.5. The van der Waals surface area contributed by atoms with E-state index in [1.807, 2.05) is 11.3 Å². The van der Waals surface area contributed by atoms with Crippen molar-refractivity contribution >= 4 is 33.3 Å². The maximum absolute atomic E-state index is 13.0. The highest BCUT2D eigenvalue weighted by Crippen LogP contribution is 2.42. The van der Waals surface area contributed by atoms with Crippen molar-refractivity contribution in [1.29, 1.82) is 0 Å². The van der Waals surface area contributed by atoms with E-state index in [9.17, 15) is 4.79 Å². The van der Waals surface area contributed by atoms with E-state index in [1.165, 1.54) is 92.2 Å². The van der Waals surface area contributed by atoms with Gasteiger partial charge < -0.3 is 9.80 Å². The fourth-order valence-electron chi connectivity index (χ4n) is 6.50. The molecule has 5 nitrogen and oxygen atoms in total. The Balaban J connectivity index is 1.30. The van der Waals surface area contributed by atoms with Gasteiger partial charge in [0.2, 0.25) is 5.91 Å². The summed E-state index contributed by atoms with van der Waals surface area (Å²) in [7, 11) is 0. The molecule has 2 saturated carbocycles. The summed E-state index contributed by atoms with van der Waals surface area (Å²) in [6, 6.07) is 0. The van der Waals surface area contributed by atoms with Crippen molar-refractivity contribution in [2.75, 3.05) is 31.1 Å². The Hall–Kier alpha value is -1.69. The van der Waals surface area contributed by atoms with Crippen LogP contribution < -0.4 is 4.90 Å². The molecule has 0 bridgehead atoms. The molecule has 0 aromatic carbocycles. The summed E-state index contributed by atoms with van der Waals surface area (Å²) in [5.74, 6) is 3.49. The van der Waals surface area contributed by atoms with Crippen LogP contribution >= 0.6 is 11.3 Å². The van der Waals surface area contributed by atoms with Crippen LogP contribution in [0.25, 0.3) is 10.2 Å². The summed E-state index contributed by atoms with van der Waals surface area (Å²) in [5.41, 5.74) is 1.53. The number of aromatic nitrogens is 2. The number of hydrogen-bond acceptors (Lipinski definition) is 5. The number of aryl methyl sites for hydroxylation is 2. The lowest BCUT2D eigenvalue weighted by molar-refractivity contribution is -0.135. The van der Waals surface area contributed by atoms with Crippen LogP contribution in [0.2, 0.25) is 0 Å². The smallest absolute Gasteiger partial charge is 0.225 e. The van der Waals surface area contributed by atoms with Crippen molar-refractivity contribution in [2.45, 2.75) is 89.4 Å². The number of hydrogen-bond donors (Lipinski definition) is 0. The van der Waals surface area contributed by atoms with Crippen LogP contribution in [0, 0.1) is 5.92 Å². The van der Waals surface area contributed by atoms with Gasteiger partial charge in [-0.1, -0.05) is 32.1 Å². The third-order valence-electron chi connectivity index (χ3n) is 8.38. The molecule has 0 radical (unpaired) electrons. The molecule has 1 amide bonds. The third-order valence-corrected chi connectivity index (χ3v) is 9.56. The molecular weight excluding hydrogens is 416 g/mol. The SMILES string of the molecule is O=C(C1CCCC1)N1CCN(c2nc(C3CCCCC3)nc3sc4c(c23)CCCC4)CC1. The first-order chi connectivity index (χ1) is 15.8. The lowest BCUT2D eigenvalue weighted by Crippen LogP contribution is -2.50. The van der Waals surface area contributed by atoms with Gasteiger partial charge >= 0.3 is 0 Å². The summed E-state index contributed by atoms with van der Waals surface area (Å²) >= 11 is 1.94. The molecule has 6 heteroatoms. The Kier molecular flexibility index (Phi) is 5.82. The number of piperazine rings is 1. The van der Waals surface area contributed by atoms with Gasteiger partial charge in [0.15, 0.2) is 0 Å². The molecular formula is C26H36N4OS. The number of fused-ring (bicyclic) bond motifs is 3. The number of thiophene rings is 1. The Labute approximate surface area is 195 Å². The first-order valence-electron chi connectivity index (χ1n) is 13.1. The number of carbonyl (C=O) groups is 1. The number of anilines is 1. The van der Waals surface area contributed by atoms with Crippen LogP contribution in [0.1, 0.15) is 92.8 Å². The zero-order valence-corrected chi connectivity index (χ0v) is 20.1. The van der Waals surface area contributed by atoms with E-state index in [1.54, 1.807) is 4.88 Å². The maximum atomic E-state index is 13.0. The average molecular weight is 453 g/mol. The summed E-state index contributed by atoms with van der Waals surface area (Å²) in [4.78, 5) is 30.8.